The molecular weight excluding hydrogens is 494 g/mol. The van der Waals surface area contributed by atoms with Crippen LogP contribution in [0.3, 0.4) is 0 Å². The molecule has 0 radical (unpaired) electrons. The summed E-state index contributed by atoms with van der Waals surface area (Å²) in [5, 5.41) is 5.72. The number of nitrogens with one attached hydrogen (secondary N) is 2. The van der Waals surface area contributed by atoms with E-state index in [1.807, 2.05) is 45.9 Å². The van der Waals surface area contributed by atoms with Crippen molar-refractivity contribution >= 4 is 23.6 Å². The van der Waals surface area contributed by atoms with Gasteiger partial charge in [0.2, 0.25) is 5.91 Å². The Morgan fingerprint density at radius 2 is 1.72 bits per heavy atom. The lowest BCUT2D eigenvalue weighted by Crippen LogP contribution is -2.54. The fourth-order valence-corrected chi connectivity index (χ4v) is 4.16. The number of hydrogen-bond donors (Lipinski definition) is 2. The standard InChI is InChI=1S/C31H43N3O5/c1-10-19-34(29(36)26(20(3)11-2)33-30(37)39-31(6,7)8)27(25-14-12-13-21(4)22(25)5)28(35)32-23-15-17-24(38-9)18-16-23/h10,12-18,20,26-27H,1,11,19H2,2-9H3,(H,32,35)(H,33,37). The number of rotatable bonds is 11. The van der Waals surface area contributed by atoms with Crippen molar-refractivity contribution in [2.45, 2.75) is 72.6 Å². The predicted molar refractivity (Wildman–Crippen MR) is 155 cm³/mol. The third-order valence-electron chi connectivity index (χ3n) is 6.62. The summed E-state index contributed by atoms with van der Waals surface area (Å²) >= 11 is 0. The molecule has 2 aromatic rings. The van der Waals surface area contributed by atoms with Crippen molar-refractivity contribution in [2.24, 2.45) is 5.92 Å². The van der Waals surface area contributed by atoms with Crippen molar-refractivity contribution in [2.75, 3.05) is 19.0 Å². The monoisotopic (exact) mass is 537 g/mol. The number of ether oxygens (including phenoxy) is 2. The van der Waals surface area contributed by atoms with Gasteiger partial charge in [0, 0.05) is 12.2 Å². The summed E-state index contributed by atoms with van der Waals surface area (Å²) in [6.45, 7) is 16.9. The highest BCUT2D eigenvalue weighted by molar-refractivity contribution is 5.99. The van der Waals surface area contributed by atoms with Crippen molar-refractivity contribution in [1.82, 2.24) is 10.2 Å². The van der Waals surface area contributed by atoms with Gasteiger partial charge in [0.15, 0.2) is 0 Å². The number of nitrogens with zero attached hydrogens (tertiary/aromatic N) is 1. The van der Waals surface area contributed by atoms with Crippen molar-refractivity contribution in [3.8, 4) is 5.75 Å². The molecule has 3 amide bonds. The van der Waals surface area contributed by atoms with Gasteiger partial charge >= 0.3 is 6.09 Å². The van der Waals surface area contributed by atoms with E-state index in [2.05, 4.69) is 17.2 Å². The van der Waals surface area contributed by atoms with Crippen LogP contribution in [0.2, 0.25) is 0 Å². The number of amides is 3. The third-order valence-corrected chi connectivity index (χ3v) is 6.62. The second-order valence-corrected chi connectivity index (χ2v) is 10.7. The van der Waals surface area contributed by atoms with Crippen molar-refractivity contribution in [3.63, 3.8) is 0 Å². The number of benzene rings is 2. The van der Waals surface area contributed by atoms with Gasteiger partial charge < -0.3 is 25.0 Å². The molecule has 8 heteroatoms. The average molecular weight is 538 g/mol. The van der Waals surface area contributed by atoms with Gasteiger partial charge in [-0.1, -0.05) is 44.5 Å². The zero-order chi connectivity index (χ0) is 29.3. The van der Waals surface area contributed by atoms with Crippen LogP contribution >= 0.6 is 0 Å². The number of alkyl carbamates (subject to hydrolysis) is 1. The van der Waals surface area contributed by atoms with Crippen LogP contribution in [0.5, 0.6) is 5.75 Å². The summed E-state index contributed by atoms with van der Waals surface area (Å²) in [5.41, 5.74) is 2.41. The van der Waals surface area contributed by atoms with Crippen LogP contribution in [0.1, 0.15) is 63.8 Å². The maximum atomic E-state index is 14.2. The first-order valence-corrected chi connectivity index (χ1v) is 13.2. The second kappa shape index (κ2) is 13.8. The zero-order valence-corrected chi connectivity index (χ0v) is 24.5. The quantitative estimate of drug-likeness (QED) is 0.346. The molecule has 39 heavy (non-hydrogen) atoms. The molecule has 0 aromatic heterocycles. The van der Waals surface area contributed by atoms with Gasteiger partial charge in [-0.2, -0.15) is 0 Å². The normalized spacial score (nSPS) is 13.4. The minimum atomic E-state index is -0.982. The molecule has 0 bridgehead atoms. The van der Waals surface area contributed by atoms with Crippen LogP contribution in [0.15, 0.2) is 55.1 Å². The van der Waals surface area contributed by atoms with Gasteiger partial charge in [0.25, 0.3) is 5.91 Å². The summed E-state index contributed by atoms with van der Waals surface area (Å²) in [4.78, 5) is 42.3. The third kappa shape index (κ3) is 8.60. The highest BCUT2D eigenvalue weighted by Gasteiger charge is 2.38. The van der Waals surface area contributed by atoms with Crippen LogP contribution in [0.25, 0.3) is 0 Å². The lowest BCUT2D eigenvalue weighted by atomic mass is 9.93. The van der Waals surface area contributed by atoms with Crippen molar-refractivity contribution < 1.29 is 23.9 Å². The molecule has 2 aromatic carbocycles. The lowest BCUT2D eigenvalue weighted by Gasteiger charge is -2.36. The van der Waals surface area contributed by atoms with Crippen LogP contribution < -0.4 is 15.4 Å². The maximum absolute atomic E-state index is 14.2. The predicted octanol–water partition coefficient (Wildman–Crippen LogP) is 5.95. The topological polar surface area (TPSA) is 97.0 Å². The Hall–Kier alpha value is -3.81. The Labute approximate surface area is 232 Å². The molecule has 0 heterocycles. The molecule has 212 valence electrons. The number of aryl methyl sites for hydroxylation is 1. The first-order valence-electron chi connectivity index (χ1n) is 13.2. The van der Waals surface area contributed by atoms with Crippen LogP contribution in [0, 0.1) is 19.8 Å². The van der Waals surface area contributed by atoms with Gasteiger partial charge in [-0.25, -0.2) is 4.79 Å². The Morgan fingerprint density at radius 3 is 2.26 bits per heavy atom. The fourth-order valence-electron chi connectivity index (χ4n) is 4.16. The zero-order valence-electron chi connectivity index (χ0n) is 24.5. The number of anilines is 1. The number of carbonyl (C=O) groups excluding carboxylic acids is 3. The van der Waals surface area contributed by atoms with E-state index in [0.29, 0.717) is 23.4 Å². The molecule has 8 nitrogen and oxygen atoms in total. The van der Waals surface area contributed by atoms with E-state index in [1.165, 1.54) is 4.90 Å². The van der Waals surface area contributed by atoms with Gasteiger partial charge in [-0.15, -0.1) is 6.58 Å². The van der Waals surface area contributed by atoms with Gasteiger partial charge in [-0.05, 0) is 81.5 Å². The molecular formula is C31H43N3O5. The van der Waals surface area contributed by atoms with Crippen LogP contribution in [-0.2, 0) is 14.3 Å². The van der Waals surface area contributed by atoms with Gasteiger partial charge in [0.1, 0.15) is 23.4 Å². The minimum absolute atomic E-state index is 0.0931. The Morgan fingerprint density at radius 1 is 1.08 bits per heavy atom. The molecule has 0 saturated heterocycles. The number of carbonyl (C=O) groups is 3. The highest BCUT2D eigenvalue weighted by atomic mass is 16.6. The van der Waals surface area contributed by atoms with E-state index < -0.39 is 29.7 Å². The summed E-state index contributed by atoms with van der Waals surface area (Å²) in [5.74, 6) is -0.344. The maximum Gasteiger partial charge on any atom is 0.408 e. The molecule has 0 aliphatic carbocycles. The lowest BCUT2D eigenvalue weighted by molar-refractivity contribution is -0.141. The van der Waals surface area contributed by atoms with E-state index >= 15 is 0 Å². The molecule has 3 unspecified atom stereocenters. The van der Waals surface area contributed by atoms with E-state index in [0.717, 1.165) is 11.1 Å². The highest BCUT2D eigenvalue weighted by Crippen LogP contribution is 2.30. The smallest absolute Gasteiger partial charge is 0.408 e. The van der Waals surface area contributed by atoms with Crippen LogP contribution in [-0.4, -0.2) is 48.1 Å². The van der Waals surface area contributed by atoms with Crippen molar-refractivity contribution in [1.29, 1.82) is 0 Å². The number of hydrogen-bond acceptors (Lipinski definition) is 5. The minimum Gasteiger partial charge on any atom is -0.497 e. The molecule has 0 spiro atoms. The average Bonchev–Trinajstić information content (AvgIpc) is 2.88. The summed E-state index contributed by atoms with van der Waals surface area (Å²) in [6.07, 6.45) is 1.52. The molecule has 2 rings (SSSR count). The summed E-state index contributed by atoms with van der Waals surface area (Å²) in [7, 11) is 1.57. The molecule has 3 atom stereocenters. The second-order valence-electron chi connectivity index (χ2n) is 10.7. The largest absolute Gasteiger partial charge is 0.497 e. The Bertz CT molecular complexity index is 1150. The van der Waals surface area contributed by atoms with Gasteiger partial charge in [0.05, 0.1) is 7.11 Å². The number of methoxy groups -OCH3 is 1. The van der Waals surface area contributed by atoms with E-state index in [9.17, 15) is 14.4 Å². The summed E-state index contributed by atoms with van der Waals surface area (Å²) < 4.78 is 10.7. The van der Waals surface area contributed by atoms with E-state index in [-0.39, 0.29) is 18.4 Å². The SMILES string of the molecule is C=CCN(C(=O)C(NC(=O)OC(C)(C)C)C(C)CC)C(C(=O)Nc1ccc(OC)cc1)c1cccc(C)c1C. The van der Waals surface area contributed by atoms with E-state index in [4.69, 9.17) is 9.47 Å². The molecule has 0 aliphatic heterocycles. The first-order chi connectivity index (χ1) is 18.3. The Kier molecular flexibility index (Phi) is 11.1. The van der Waals surface area contributed by atoms with Crippen LogP contribution in [0.4, 0.5) is 10.5 Å². The fraction of sp³-hybridized carbons (Fsp3) is 0.452. The molecule has 2 N–H and O–H groups in total. The van der Waals surface area contributed by atoms with Crippen molar-refractivity contribution in [3.05, 3.63) is 71.8 Å². The molecule has 0 aliphatic rings. The molecule has 0 fully saturated rings. The molecule has 0 saturated carbocycles. The first kappa shape index (κ1) is 31.4. The van der Waals surface area contributed by atoms with Gasteiger partial charge in [-0.3, -0.25) is 9.59 Å². The summed E-state index contributed by atoms with van der Waals surface area (Å²) in [6, 6.07) is 10.8. The Balaban J connectivity index is 2.57. The van der Waals surface area contributed by atoms with E-state index in [1.54, 1.807) is 58.2 Å².